The number of hydrogen-bond donors (Lipinski definition) is 0. The zero-order valence-electron chi connectivity index (χ0n) is 19.1. The van der Waals surface area contributed by atoms with E-state index in [1.54, 1.807) is 12.1 Å². The molecule has 2 heterocycles. The van der Waals surface area contributed by atoms with Gasteiger partial charge < -0.3 is 9.14 Å². The lowest BCUT2D eigenvalue weighted by Gasteiger charge is -2.09. The van der Waals surface area contributed by atoms with Crippen LogP contribution >= 0.6 is 0 Å². The van der Waals surface area contributed by atoms with Gasteiger partial charge in [-0.15, -0.1) is 0 Å². The zero-order valence-corrected chi connectivity index (χ0v) is 19.1. The van der Waals surface area contributed by atoms with Crippen LogP contribution in [0.3, 0.4) is 0 Å². The molecule has 35 heavy (non-hydrogen) atoms. The number of allylic oxidation sites excluding steroid dienone is 1. The van der Waals surface area contributed by atoms with Crippen LogP contribution in [0.4, 0.5) is 0 Å². The minimum atomic E-state index is -0.566. The van der Waals surface area contributed by atoms with Crippen LogP contribution in [-0.2, 0) is 9.53 Å². The van der Waals surface area contributed by atoms with Crippen LogP contribution in [0.15, 0.2) is 116 Å². The number of ketones is 1. The van der Waals surface area contributed by atoms with E-state index >= 15 is 0 Å². The highest BCUT2D eigenvalue weighted by Gasteiger charge is 2.13. The number of rotatable bonds is 6. The molecule has 0 saturated carbocycles. The summed E-state index contributed by atoms with van der Waals surface area (Å²) in [5.41, 5.74) is 7.30. The molecule has 170 valence electrons. The van der Waals surface area contributed by atoms with Gasteiger partial charge in [-0.3, -0.25) is 4.79 Å². The van der Waals surface area contributed by atoms with Crippen molar-refractivity contribution in [1.82, 2.24) is 9.38 Å². The van der Waals surface area contributed by atoms with Crippen LogP contribution in [0.5, 0.6) is 0 Å². The Morgan fingerprint density at radius 2 is 1.40 bits per heavy atom. The molecule has 3 aromatic carbocycles. The number of pyridine rings is 1. The Hall–Kier alpha value is -4.77. The molecule has 0 N–H and O–H groups in total. The van der Waals surface area contributed by atoms with Crippen molar-refractivity contribution < 1.29 is 14.3 Å². The van der Waals surface area contributed by atoms with Crippen molar-refractivity contribution in [3.8, 4) is 33.5 Å². The van der Waals surface area contributed by atoms with E-state index in [4.69, 9.17) is 4.98 Å². The number of carbonyl (C=O) groups is 2. The van der Waals surface area contributed by atoms with Gasteiger partial charge in [-0.2, -0.15) is 0 Å². The van der Waals surface area contributed by atoms with Crippen LogP contribution < -0.4 is 0 Å². The minimum absolute atomic E-state index is 0.266. The maximum absolute atomic E-state index is 12.4. The second kappa shape index (κ2) is 9.61. The molecule has 0 spiro atoms. The third kappa shape index (κ3) is 4.66. The standard InChI is InChI=1S/C30H22N2O3/c1-35-29(34)17-16-28(33)24-14-12-22(13-15-24)26-18-25(21-8-4-2-5-9-21)19-32-20-27(31-30(26)32)23-10-6-3-7-11-23/h2-20H,1H3. The molecule has 0 amide bonds. The Balaban J connectivity index is 1.60. The van der Waals surface area contributed by atoms with E-state index in [0.29, 0.717) is 5.56 Å². The summed E-state index contributed by atoms with van der Waals surface area (Å²) in [5.74, 6) is -0.832. The summed E-state index contributed by atoms with van der Waals surface area (Å²) >= 11 is 0. The number of fused-ring (bicyclic) bond motifs is 1. The Kier molecular flexibility index (Phi) is 6.05. The zero-order chi connectivity index (χ0) is 24.2. The molecule has 5 rings (SSSR count). The number of ether oxygens (including phenoxy) is 1. The van der Waals surface area contributed by atoms with E-state index in [-0.39, 0.29) is 5.78 Å². The molecular weight excluding hydrogens is 436 g/mol. The molecule has 0 saturated heterocycles. The van der Waals surface area contributed by atoms with Crippen molar-refractivity contribution in [2.45, 2.75) is 0 Å². The number of esters is 1. The second-order valence-electron chi connectivity index (χ2n) is 8.03. The van der Waals surface area contributed by atoms with Crippen molar-refractivity contribution in [3.05, 3.63) is 121 Å². The third-order valence-electron chi connectivity index (χ3n) is 5.78. The number of benzene rings is 3. The van der Waals surface area contributed by atoms with Crippen molar-refractivity contribution in [2.75, 3.05) is 7.11 Å². The predicted molar refractivity (Wildman–Crippen MR) is 137 cm³/mol. The van der Waals surface area contributed by atoms with Crippen LogP contribution in [-0.4, -0.2) is 28.2 Å². The first-order chi connectivity index (χ1) is 17.1. The number of aromatic nitrogens is 2. The van der Waals surface area contributed by atoms with E-state index < -0.39 is 5.97 Å². The normalized spacial score (nSPS) is 11.1. The molecule has 0 fully saturated rings. The predicted octanol–water partition coefficient (Wildman–Crippen LogP) is 6.25. The highest BCUT2D eigenvalue weighted by atomic mass is 16.5. The first-order valence-corrected chi connectivity index (χ1v) is 11.2. The first kappa shape index (κ1) is 22.0. The summed E-state index contributed by atoms with van der Waals surface area (Å²) in [6, 6.07) is 29.7. The Bertz CT molecular complexity index is 1530. The summed E-state index contributed by atoms with van der Waals surface area (Å²) in [4.78, 5) is 28.7. The van der Waals surface area contributed by atoms with Crippen LogP contribution in [0.25, 0.3) is 39.2 Å². The first-order valence-electron chi connectivity index (χ1n) is 11.2. The SMILES string of the molecule is COC(=O)C=CC(=O)c1ccc(-c2cc(-c3ccccc3)cn3cc(-c4ccccc4)nc23)cc1. The summed E-state index contributed by atoms with van der Waals surface area (Å²) < 4.78 is 6.60. The highest BCUT2D eigenvalue weighted by molar-refractivity contribution is 6.07. The molecule has 2 aromatic heterocycles. The van der Waals surface area contributed by atoms with Crippen LogP contribution in [0.2, 0.25) is 0 Å². The average molecular weight is 459 g/mol. The third-order valence-corrected chi connectivity index (χ3v) is 5.78. The van der Waals surface area contributed by atoms with Crippen molar-refractivity contribution in [2.24, 2.45) is 0 Å². The number of nitrogens with zero attached hydrogens (tertiary/aromatic N) is 2. The molecule has 5 nitrogen and oxygen atoms in total. The van der Waals surface area contributed by atoms with E-state index in [9.17, 15) is 9.59 Å². The topological polar surface area (TPSA) is 60.7 Å². The summed E-state index contributed by atoms with van der Waals surface area (Å²) in [6.45, 7) is 0. The molecule has 0 bridgehead atoms. The van der Waals surface area contributed by atoms with Gasteiger partial charge in [0.25, 0.3) is 0 Å². The van der Waals surface area contributed by atoms with Gasteiger partial charge in [0.15, 0.2) is 5.78 Å². The van der Waals surface area contributed by atoms with E-state index in [0.717, 1.165) is 45.2 Å². The van der Waals surface area contributed by atoms with Gasteiger partial charge in [0, 0.05) is 35.2 Å². The summed E-state index contributed by atoms with van der Waals surface area (Å²) in [6.07, 6.45) is 6.47. The van der Waals surface area contributed by atoms with Gasteiger partial charge >= 0.3 is 5.97 Å². The molecule has 5 heteroatoms. The smallest absolute Gasteiger partial charge is 0.330 e. The Morgan fingerprint density at radius 1 is 0.743 bits per heavy atom. The molecular formula is C30H22N2O3. The summed E-state index contributed by atoms with van der Waals surface area (Å²) in [7, 11) is 1.27. The molecule has 5 aromatic rings. The van der Waals surface area contributed by atoms with Gasteiger partial charge in [0.05, 0.1) is 12.8 Å². The molecule has 0 aliphatic carbocycles. The lowest BCUT2D eigenvalue weighted by atomic mass is 9.99. The van der Waals surface area contributed by atoms with Crippen molar-refractivity contribution in [1.29, 1.82) is 0 Å². The quantitative estimate of drug-likeness (QED) is 0.171. The second-order valence-corrected chi connectivity index (χ2v) is 8.03. The van der Waals surface area contributed by atoms with Gasteiger partial charge in [-0.05, 0) is 28.8 Å². The van der Waals surface area contributed by atoms with E-state index in [2.05, 4.69) is 33.5 Å². The van der Waals surface area contributed by atoms with Gasteiger partial charge in [-0.1, -0.05) is 84.9 Å². The van der Waals surface area contributed by atoms with Gasteiger partial charge in [0.2, 0.25) is 0 Å². The molecule has 0 radical (unpaired) electrons. The largest absolute Gasteiger partial charge is 0.466 e. The lowest BCUT2D eigenvalue weighted by molar-refractivity contribution is -0.134. The van der Waals surface area contributed by atoms with Crippen LogP contribution in [0, 0.1) is 0 Å². The Labute approximate surface area is 203 Å². The number of methoxy groups -OCH3 is 1. The van der Waals surface area contributed by atoms with E-state index in [1.165, 1.54) is 13.2 Å². The van der Waals surface area contributed by atoms with Gasteiger partial charge in [0.1, 0.15) is 5.65 Å². The fourth-order valence-corrected chi connectivity index (χ4v) is 3.97. The lowest BCUT2D eigenvalue weighted by Crippen LogP contribution is -1.99. The van der Waals surface area contributed by atoms with Crippen molar-refractivity contribution >= 4 is 17.4 Å². The minimum Gasteiger partial charge on any atom is -0.466 e. The van der Waals surface area contributed by atoms with Crippen LogP contribution in [0.1, 0.15) is 10.4 Å². The number of hydrogen-bond acceptors (Lipinski definition) is 4. The molecule has 0 aliphatic heterocycles. The number of imidazole rings is 1. The van der Waals surface area contributed by atoms with Crippen molar-refractivity contribution in [3.63, 3.8) is 0 Å². The average Bonchev–Trinajstić information content (AvgIpc) is 3.36. The summed E-state index contributed by atoms with van der Waals surface area (Å²) in [5, 5.41) is 0. The molecule has 0 aliphatic rings. The monoisotopic (exact) mass is 458 g/mol. The van der Waals surface area contributed by atoms with E-state index in [1.807, 2.05) is 66.9 Å². The molecule has 0 atom stereocenters. The molecule has 0 unspecified atom stereocenters. The Morgan fingerprint density at radius 3 is 2.06 bits per heavy atom. The maximum atomic E-state index is 12.4. The highest BCUT2D eigenvalue weighted by Crippen LogP contribution is 2.32. The fourth-order valence-electron chi connectivity index (χ4n) is 3.97. The fraction of sp³-hybridized carbons (Fsp3) is 0.0333. The number of carbonyl (C=O) groups excluding carboxylic acids is 2. The maximum Gasteiger partial charge on any atom is 0.330 e. The van der Waals surface area contributed by atoms with Gasteiger partial charge in [-0.25, -0.2) is 9.78 Å².